The highest BCUT2D eigenvalue weighted by molar-refractivity contribution is 7.13. The van der Waals surface area contributed by atoms with Crippen LogP contribution >= 0.6 is 11.3 Å². The summed E-state index contributed by atoms with van der Waals surface area (Å²) >= 11 is 1.68. The molecule has 0 aromatic carbocycles. The fourth-order valence-corrected chi connectivity index (χ4v) is 4.24. The van der Waals surface area contributed by atoms with Gasteiger partial charge in [-0.25, -0.2) is 9.97 Å². The first-order chi connectivity index (χ1) is 12.3. The van der Waals surface area contributed by atoms with Crippen molar-refractivity contribution in [2.75, 3.05) is 13.1 Å². The number of H-pyrrole nitrogens is 1. The molecule has 1 aliphatic rings. The zero-order valence-electron chi connectivity index (χ0n) is 14.5. The van der Waals surface area contributed by atoms with Crippen LogP contribution in [0.1, 0.15) is 42.5 Å². The van der Waals surface area contributed by atoms with Crippen LogP contribution in [0, 0.1) is 0 Å². The van der Waals surface area contributed by atoms with Gasteiger partial charge >= 0.3 is 0 Å². The number of hydrogen-bond donors (Lipinski definition) is 1. The fourth-order valence-electron chi connectivity index (χ4n) is 3.56. The molecule has 0 radical (unpaired) electrons. The molecule has 0 unspecified atom stereocenters. The van der Waals surface area contributed by atoms with Crippen LogP contribution < -0.4 is 0 Å². The second-order valence-corrected chi connectivity index (χ2v) is 7.55. The van der Waals surface area contributed by atoms with E-state index in [1.807, 2.05) is 24.7 Å². The molecule has 4 heterocycles. The summed E-state index contributed by atoms with van der Waals surface area (Å²) in [5.74, 6) is 1.44. The van der Waals surface area contributed by atoms with Crippen LogP contribution in [0.3, 0.4) is 0 Å². The van der Waals surface area contributed by atoms with E-state index in [1.54, 1.807) is 11.3 Å². The molecular formula is C19H23N5S. The molecule has 0 aliphatic carbocycles. The van der Waals surface area contributed by atoms with Gasteiger partial charge in [0, 0.05) is 36.1 Å². The van der Waals surface area contributed by atoms with Gasteiger partial charge in [0.15, 0.2) is 5.82 Å². The van der Waals surface area contributed by atoms with Crippen molar-refractivity contribution in [1.29, 1.82) is 0 Å². The normalized spacial score (nSPS) is 16.4. The number of hydrogen-bond acceptors (Lipinski definition) is 5. The standard InChI is InChI=1S/C19H23N5S/c1-2-15-12-22-23-18(15)16-5-7-24(8-6-16)13-14-10-20-19(21-11-14)17-4-3-9-25-17/h3-4,9-12,16H,2,5-8,13H2,1H3,(H,22,23). The van der Waals surface area contributed by atoms with E-state index in [1.165, 1.54) is 29.7 Å². The lowest BCUT2D eigenvalue weighted by Gasteiger charge is -2.31. The van der Waals surface area contributed by atoms with Gasteiger partial charge < -0.3 is 0 Å². The molecule has 1 aliphatic heterocycles. The number of aryl methyl sites for hydroxylation is 1. The first-order valence-electron chi connectivity index (χ1n) is 8.92. The minimum absolute atomic E-state index is 0.617. The van der Waals surface area contributed by atoms with Crippen molar-refractivity contribution in [3.05, 3.63) is 52.9 Å². The summed E-state index contributed by atoms with van der Waals surface area (Å²) in [6.45, 7) is 5.35. The molecule has 3 aromatic rings. The van der Waals surface area contributed by atoms with Crippen LogP contribution in [0.4, 0.5) is 0 Å². The molecule has 130 valence electrons. The number of nitrogens with zero attached hydrogens (tertiary/aromatic N) is 4. The topological polar surface area (TPSA) is 57.7 Å². The van der Waals surface area contributed by atoms with Crippen LogP contribution in [-0.2, 0) is 13.0 Å². The summed E-state index contributed by atoms with van der Waals surface area (Å²) in [5.41, 5.74) is 3.91. The van der Waals surface area contributed by atoms with Crippen LogP contribution in [0.2, 0.25) is 0 Å². The monoisotopic (exact) mass is 353 g/mol. The fraction of sp³-hybridized carbons (Fsp3) is 0.421. The van der Waals surface area contributed by atoms with Crippen LogP contribution in [0.15, 0.2) is 36.1 Å². The minimum atomic E-state index is 0.617. The van der Waals surface area contributed by atoms with Crippen LogP contribution in [0.5, 0.6) is 0 Å². The summed E-state index contributed by atoms with van der Waals surface area (Å²) in [5, 5.41) is 9.51. The molecule has 25 heavy (non-hydrogen) atoms. The van der Waals surface area contributed by atoms with E-state index < -0.39 is 0 Å². The quantitative estimate of drug-likeness (QED) is 0.756. The Bertz CT molecular complexity index is 786. The Morgan fingerprint density at radius 1 is 1.20 bits per heavy atom. The van der Waals surface area contributed by atoms with Crippen molar-refractivity contribution < 1.29 is 0 Å². The molecule has 0 atom stereocenters. The molecule has 1 fully saturated rings. The lowest BCUT2D eigenvalue weighted by molar-refractivity contribution is 0.202. The third kappa shape index (κ3) is 3.65. The van der Waals surface area contributed by atoms with Crippen LogP contribution in [-0.4, -0.2) is 38.2 Å². The maximum atomic E-state index is 4.52. The lowest BCUT2D eigenvalue weighted by Crippen LogP contribution is -2.32. The Labute approximate surface area is 152 Å². The van der Waals surface area contributed by atoms with E-state index in [0.717, 1.165) is 36.8 Å². The summed E-state index contributed by atoms with van der Waals surface area (Å²) in [4.78, 5) is 12.7. The highest BCUT2D eigenvalue weighted by Crippen LogP contribution is 2.29. The highest BCUT2D eigenvalue weighted by Gasteiger charge is 2.23. The maximum absolute atomic E-state index is 4.52. The predicted molar refractivity (Wildman–Crippen MR) is 101 cm³/mol. The molecule has 1 N–H and O–H groups in total. The summed E-state index contributed by atoms with van der Waals surface area (Å²) in [7, 11) is 0. The molecule has 0 amide bonds. The van der Waals surface area contributed by atoms with E-state index in [0.29, 0.717) is 5.92 Å². The Balaban J connectivity index is 1.34. The Kier molecular flexibility index (Phi) is 4.90. The second kappa shape index (κ2) is 7.45. The average molecular weight is 353 g/mol. The third-order valence-electron chi connectivity index (χ3n) is 4.98. The third-order valence-corrected chi connectivity index (χ3v) is 5.85. The van der Waals surface area contributed by atoms with Crippen molar-refractivity contribution in [3.8, 4) is 10.7 Å². The summed E-state index contributed by atoms with van der Waals surface area (Å²) in [6, 6.07) is 4.09. The van der Waals surface area contributed by atoms with Gasteiger partial charge in [-0.1, -0.05) is 13.0 Å². The first-order valence-corrected chi connectivity index (χ1v) is 9.80. The Morgan fingerprint density at radius 2 is 2.00 bits per heavy atom. The Morgan fingerprint density at radius 3 is 2.68 bits per heavy atom. The molecule has 0 bridgehead atoms. The van der Waals surface area contributed by atoms with Gasteiger partial charge in [-0.15, -0.1) is 11.3 Å². The number of aromatic amines is 1. The van der Waals surface area contributed by atoms with Crippen molar-refractivity contribution in [1.82, 2.24) is 25.1 Å². The van der Waals surface area contributed by atoms with E-state index in [4.69, 9.17) is 0 Å². The Hall–Kier alpha value is -2.05. The molecule has 4 rings (SSSR count). The van der Waals surface area contributed by atoms with E-state index in [9.17, 15) is 0 Å². The largest absolute Gasteiger partial charge is 0.299 e. The molecule has 0 saturated carbocycles. The van der Waals surface area contributed by atoms with Crippen molar-refractivity contribution in [2.24, 2.45) is 0 Å². The van der Waals surface area contributed by atoms with Crippen LogP contribution in [0.25, 0.3) is 10.7 Å². The maximum Gasteiger partial charge on any atom is 0.169 e. The summed E-state index contributed by atoms with van der Waals surface area (Å²) in [6.07, 6.45) is 9.34. The zero-order chi connectivity index (χ0) is 17.1. The molecule has 5 nitrogen and oxygen atoms in total. The van der Waals surface area contributed by atoms with Gasteiger partial charge in [0.25, 0.3) is 0 Å². The van der Waals surface area contributed by atoms with E-state index in [-0.39, 0.29) is 0 Å². The van der Waals surface area contributed by atoms with Crippen molar-refractivity contribution >= 4 is 11.3 Å². The van der Waals surface area contributed by atoms with E-state index >= 15 is 0 Å². The van der Waals surface area contributed by atoms with Gasteiger partial charge in [0.05, 0.1) is 11.1 Å². The molecule has 6 heteroatoms. The number of thiophene rings is 1. The van der Waals surface area contributed by atoms with Gasteiger partial charge in [-0.05, 0) is 49.4 Å². The molecule has 1 saturated heterocycles. The van der Waals surface area contributed by atoms with Gasteiger partial charge in [0.1, 0.15) is 0 Å². The van der Waals surface area contributed by atoms with Gasteiger partial charge in [-0.3, -0.25) is 10.00 Å². The lowest BCUT2D eigenvalue weighted by atomic mass is 9.91. The number of nitrogens with one attached hydrogen (secondary N) is 1. The van der Waals surface area contributed by atoms with Gasteiger partial charge in [0.2, 0.25) is 0 Å². The second-order valence-electron chi connectivity index (χ2n) is 6.61. The van der Waals surface area contributed by atoms with Crippen molar-refractivity contribution in [2.45, 2.75) is 38.6 Å². The number of likely N-dealkylation sites (tertiary alicyclic amines) is 1. The highest BCUT2D eigenvalue weighted by atomic mass is 32.1. The van der Waals surface area contributed by atoms with Crippen molar-refractivity contribution in [3.63, 3.8) is 0 Å². The number of piperidine rings is 1. The average Bonchev–Trinajstić information content (AvgIpc) is 3.35. The smallest absolute Gasteiger partial charge is 0.169 e. The molecular weight excluding hydrogens is 330 g/mol. The molecule has 0 spiro atoms. The molecule has 3 aromatic heterocycles. The summed E-state index contributed by atoms with van der Waals surface area (Å²) < 4.78 is 0. The van der Waals surface area contributed by atoms with Gasteiger partial charge in [-0.2, -0.15) is 5.10 Å². The van der Waals surface area contributed by atoms with E-state index in [2.05, 4.69) is 43.4 Å². The predicted octanol–water partition coefficient (Wildman–Crippen LogP) is 3.87. The first kappa shape index (κ1) is 16.4. The minimum Gasteiger partial charge on any atom is -0.299 e. The zero-order valence-corrected chi connectivity index (χ0v) is 15.3. The number of rotatable bonds is 5. The number of aromatic nitrogens is 4. The SMILES string of the molecule is CCc1cn[nH]c1C1CCN(Cc2cnc(-c3cccs3)nc2)CC1.